The lowest BCUT2D eigenvalue weighted by molar-refractivity contribution is 0.504. The molecule has 12 heavy (non-hydrogen) atoms. The third-order valence-electron chi connectivity index (χ3n) is 2.20. The Labute approximate surface area is 73.7 Å². The van der Waals surface area contributed by atoms with Gasteiger partial charge in [-0.15, -0.1) is 6.58 Å². The molecule has 1 atom stereocenters. The minimum Gasteiger partial charge on any atom is -0.229 e. The number of allylic oxidation sites excluding steroid dienone is 1. The minimum absolute atomic E-state index is 0.115. The first-order valence-electron chi connectivity index (χ1n) is 4.14. The number of nitrogens with two attached hydrogens (primary N) is 1. The number of primary sulfonamides is 1. The molecule has 0 spiro atoms. The summed E-state index contributed by atoms with van der Waals surface area (Å²) in [5.74, 6) is 0.891. The SMILES string of the molecule is C=CC[C@H](CS(N)(=O)=O)C1CC1. The van der Waals surface area contributed by atoms with Crippen LogP contribution in [0, 0.1) is 11.8 Å². The molecule has 0 bridgehead atoms. The van der Waals surface area contributed by atoms with E-state index in [0.29, 0.717) is 5.92 Å². The summed E-state index contributed by atoms with van der Waals surface area (Å²) in [5, 5.41) is 4.97. The van der Waals surface area contributed by atoms with Crippen LogP contribution in [-0.4, -0.2) is 14.2 Å². The first-order valence-corrected chi connectivity index (χ1v) is 5.86. The Kier molecular flexibility index (Phi) is 2.90. The molecule has 0 unspecified atom stereocenters. The highest BCUT2D eigenvalue weighted by Crippen LogP contribution is 2.39. The molecule has 0 aromatic heterocycles. The van der Waals surface area contributed by atoms with Crippen molar-refractivity contribution in [2.24, 2.45) is 17.0 Å². The standard InChI is InChI=1S/C8H15NO2S/c1-2-3-8(7-4-5-7)6-12(9,10)11/h2,7-8H,1,3-6H2,(H2,9,10,11)/t8-/m1/s1. The van der Waals surface area contributed by atoms with Crippen LogP contribution in [0.15, 0.2) is 12.7 Å². The van der Waals surface area contributed by atoms with Crippen molar-refractivity contribution in [1.82, 2.24) is 0 Å². The summed E-state index contributed by atoms with van der Waals surface area (Å²) in [5.41, 5.74) is 0. The summed E-state index contributed by atoms with van der Waals surface area (Å²) >= 11 is 0. The van der Waals surface area contributed by atoms with Crippen LogP contribution in [0.5, 0.6) is 0 Å². The molecule has 2 N–H and O–H groups in total. The van der Waals surface area contributed by atoms with Crippen molar-refractivity contribution in [3.8, 4) is 0 Å². The Morgan fingerprint density at radius 1 is 1.58 bits per heavy atom. The molecule has 1 rings (SSSR count). The first-order chi connectivity index (χ1) is 5.53. The summed E-state index contributed by atoms with van der Waals surface area (Å²) in [6, 6.07) is 0. The van der Waals surface area contributed by atoms with E-state index in [1.54, 1.807) is 6.08 Å². The molecule has 0 aliphatic heterocycles. The van der Waals surface area contributed by atoms with Gasteiger partial charge in [0.2, 0.25) is 10.0 Å². The summed E-state index contributed by atoms with van der Waals surface area (Å²) in [6.45, 7) is 3.61. The Morgan fingerprint density at radius 3 is 2.50 bits per heavy atom. The van der Waals surface area contributed by atoms with Gasteiger partial charge in [-0.2, -0.15) is 0 Å². The fourth-order valence-electron chi connectivity index (χ4n) is 1.48. The van der Waals surface area contributed by atoms with Gasteiger partial charge in [0.05, 0.1) is 5.75 Å². The Morgan fingerprint density at radius 2 is 2.17 bits per heavy atom. The molecule has 0 radical (unpaired) electrons. The Bertz CT molecular complexity index is 254. The molecule has 1 saturated carbocycles. The third kappa shape index (κ3) is 3.36. The highest BCUT2D eigenvalue weighted by Gasteiger charge is 2.32. The zero-order valence-electron chi connectivity index (χ0n) is 7.07. The van der Waals surface area contributed by atoms with Gasteiger partial charge in [0.1, 0.15) is 0 Å². The van der Waals surface area contributed by atoms with Gasteiger partial charge in [-0.3, -0.25) is 0 Å². The second kappa shape index (κ2) is 3.58. The molecule has 3 nitrogen and oxygen atoms in total. The van der Waals surface area contributed by atoms with Crippen LogP contribution in [0.3, 0.4) is 0 Å². The Balaban J connectivity index is 2.48. The van der Waals surface area contributed by atoms with Gasteiger partial charge < -0.3 is 0 Å². The lowest BCUT2D eigenvalue weighted by atomic mass is 10.0. The molecule has 0 aromatic carbocycles. The van der Waals surface area contributed by atoms with Crippen LogP contribution >= 0.6 is 0 Å². The van der Waals surface area contributed by atoms with Crippen LogP contribution in [0.25, 0.3) is 0 Å². The van der Waals surface area contributed by atoms with Gasteiger partial charge in [0, 0.05) is 0 Å². The molecule has 70 valence electrons. The molecule has 0 saturated heterocycles. The van der Waals surface area contributed by atoms with Gasteiger partial charge in [-0.25, -0.2) is 13.6 Å². The topological polar surface area (TPSA) is 60.2 Å². The molecule has 4 heteroatoms. The second-order valence-corrected chi connectivity index (χ2v) is 5.11. The van der Waals surface area contributed by atoms with Crippen molar-refractivity contribution in [2.75, 3.05) is 5.75 Å². The van der Waals surface area contributed by atoms with Gasteiger partial charge in [-0.05, 0) is 31.1 Å². The maximum atomic E-state index is 10.8. The number of sulfonamides is 1. The number of hydrogen-bond acceptors (Lipinski definition) is 2. The van der Waals surface area contributed by atoms with Crippen molar-refractivity contribution in [2.45, 2.75) is 19.3 Å². The predicted octanol–water partition coefficient (Wildman–Crippen LogP) is 0.877. The minimum atomic E-state index is -3.30. The molecule has 0 aromatic rings. The van der Waals surface area contributed by atoms with Crippen LogP contribution in [0.4, 0.5) is 0 Å². The fraction of sp³-hybridized carbons (Fsp3) is 0.750. The average molecular weight is 189 g/mol. The lowest BCUT2D eigenvalue weighted by Gasteiger charge is -2.11. The smallest absolute Gasteiger partial charge is 0.209 e. The van der Waals surface area contributed by atoms with Crippen LogP contribution in [0.2, 0.25) is 0 Å². The largest absolute Gasteiger partial charge is 0.229 e. The van der Waals surface area contributed by atoms with E-state index >= 15 is 0 Å². The lowest BCUT2D eigenvalue weighted by Crippen LogP contribution is -2.23. The van der Waals surface area contributed by atoms with Crippen LogP contribution in [-0.2, 0) is 10.0 Å². The van der Waals surface area contributed by atoms with E-state index in [1.165, 1.54) is 0 Å². The van der Waals surface area contributed by atoms with E-state index in [-0.39, 0.29) is 11.7 Å². The van der Waals surface area contributed by atoms with Gasteiger partial charge in [0.15, 0.2) is 0 Å². The molecule has 0 heterocycles. The summed E-state index contributed by atoms with van der Waals surface area (Å²) in [4.78, 5) is 0. The highest BCUT2D eigenvalue weighted by molar-refractivity contribution is 7.89. The molecular formula is C8H15NO2S. The zero-order valence-corrected chi connectivity index (χ0v) is 7.89. The average Bonchev–Trinajstić information content (AvgIpc) is 2.63. The van der Waals surface area contributed by atoms with E-state index in [0.717, 1.165) is 19.3 Å². The predicted molar refractivity (Wildman–Crippen MR) is 49.0 cm³/mol. The van der Waals surface area contributed by atoms with E-state index < -0.39 is 10.0 Å². The van der Waals surface area contributed by atoms with Gasteiger partial charge >= 0.3 is 0 Å². The maximum absolute atomic E-state index is 10.8. The van der Waals surface area contributed by atoms with E-state index in [2.05, 4.69) is 6.58 Å². The monoisotopic (exact) mass is 189 g/mol. The molecule has 1 fully saturated rings. The number of rotatable bonds is 5. The third-order valence-corrected chi connectivity index (χ3v) is 3.10. The van der Waals surface area contributed by atoms with E-state index in [9.17, 15) is 8.42 Å². The van der Waals surface area contributed by atoms with Gasteiger partial charge in [-0.1, -0.05) is 6.08 Å². The van der Waals surface area contributed by atoms with E-state index in [4.69, 9.17) is 5.14 Å². The van der Waals surface area contributed by atoms with E-state index in [1.807, 2.05) is 0 Å². The molecule has 0 amide bonds. The first kappa shape index (κ1) is 9.74. The molecular weight excluding hydrogens is 174 g/mol. The maximum Gasteiger partial charge on any atom is 0.209 e. The van der Waals surface area contributed by atoms with Crippen molar-refractivity contribution in [3.63, 3.8) is 0 Å². The van der Waals surface area contributed by atoms with Crippen molar-refractivity contribution in [3.05, 3.63) is 12.7 Å². The van der Waals surface area contributed by atoms with Crippen molar-refractivity contribution >= 4 is 10.0 Å². The Hall–Kier alpha value is -0.350. The van der Waals surface area contributed by atoms with Crippen molar-refractivity contribution < 1.29 is 8.42 Å². The van der Waals surface area contributed by atoms with Crippen LogP contribution in [0.1, 0.15) is 19.3 Å². The zero-order chi connectivity index (χ0) is 9.19. The number of hydrogen-bond donors (Lipinski definition) is 1. The fourth-order valence-corrected chi connectivity index (χ4v) is 2.48. The van der Waals surface area contributed by atoms with Crippen LogP contribution < -0.4 is 5.14 Å². The quantitative estimate of drug-likeness (QED) is 0.652. The second-order valence-electron chi connectivity index (χ2n) is 3.45. The summed E-state index contributed by atoms with van der Waals surface area (Å²) in [7, 11) is -3.30. The molecule has 1 aliphatic rings. The highest BCUT2D eigenvalue weighted by atomic mass is 32.2. The van der Waals surface area contributed by atoms with Gasteiger partial charge in [0.25, 0.3) is 0 Å². The van der Waals surface area contributed by atoms with Crippen molar-refractivity contribution in [1.29, 1.82) is 0 Å². The summed E-state index contributed by atoms with van der Waals surface area (Å²) in [6.07, 6.45) is 4.83. The summed E-state index contributed by atoms with van der Waals surface area (Å²) < 4.78 is 21.6. The molecule has 1 aliphatic carbocycles. The normalized spacial score (nSPS) is 20.4.